The molecular formula is C19H16BrF3N2O2. The van der Waals surface area contributed by atoms with Crippen molar-refractivity contribution in [3.63, 3.8) is 0 Å². The fourth-order valence-corrected chi connectivity index (χ4v) is 2.45. The third-order valence-electron chi connectivity index (χ3n) is 3.44. The van der Waals surface area contributed by atoms with E-state index in [2.05, 4.69) is 26.6 Å². The smallest absolute Gasteiger partial charge is 0.352 e. The van der Waals surface area contributed by atoms with Crippen LogP contribution < -0.4 is 10.6 Å². The molecule has 0 unspecified atom stereocenters. The summed E-state index contributed by atoms with van der Waals surface area (Å²) in [7, 11) is 0. The second-order valence-corrected chi connectivity index (χ2v) is 6.43. The lowest BCUT2D eigenvalue weighted by Crippen LogP contribution is -2.27. The molecule has 0 aliphatic heterocycles. The van der Waals surface area contributed by atoms with Gasteiger partial charge in [0.2, 0.25) is 11.8 Å². The van der Waals surface area contributed by atoms with Crippen molar-refractivity contribution in [2.24, 2.45) is 0 Å². The molecule has 142 valence electrons. The predicted molar refractivity (Wildman–Crippen MR) is 101 cm³/mol. The molecule has 0 fully saturated rings. The molecule has 2 amide bonds. The molecule has 2 aromatic carbocycles. The molecule has 27 heavy (non-hydrogen) atoms. The van der Waals surface area contributed by atoms with E-state index in [1.165, 1.54) is 24.3 Å². The number of nitrogens with one attached hydrogen (secondary N) is 2. The van der Waals surface area contributed by atoms with Crippen LogP contribution in [-0.2, 0) is 9.59 Å². The summed E-state index contributed by atoms with van der Waals surface area (Å²) in [6, 6.07) is 13.9. The number of anilines is 1. The number of carbonyl (C=O) groups excluding carboxylic acids is 2. The minimum absolute atomic E-state index is 0.0671. The molecule has 0 heterocycles. The van der Waals surface area contributed by atoms with E-state index in [4.69, 9.17) is 0 Å². The van der Waals surface area contributed by atoms with Crippen LogP contribution >= 0.6 is 15.9 Å². The second kappa shape index (κ2) is 9.36. The summed E-state index contributed by atoms with van der Waals surface area (Å²) >= 11 is 3.27. The number of benzene rings is 2. The Bertz CT molecular complexity index is 819. The van der Waals surface area contributed by atoms with Crippen molar-refractivity contribution < 1.29 is 22.8 Å². The zero-order valence-electron chi connectivity index (χ0n) is 14.0. The van der Waals surface area contributed by atoms with Gasteiger partial charge in [-0.2, -0.15) is 13.2 Å². The molecule has 2 rings (SSSR count). The first-order valence-corrected chi connectivity index (χ1v) is 8.72. The summed E-state index contributed by atoms with van der Waals surface area (Å²) in [5, 5.41) is 4.92. The van der Waals surface area contributed by atoms with Crippen LogP contribution in [0.2, 0.25) is 0 Å². The summed E-state index contributed by atoms with van der Waals surface area (Å²) in [6.45, 7) is -0.0857. The van der Waals surface area contributed by atoms with Gasteiger partial charge < -0.3 is 10.6 Å². The van der Waals surface area contributed by atoms with Gasteiger partial charge in [0.25, 0.3) is 0 Å². The number of alkyl halides is 3. The van der Waals surface area contributed by atoms with E-state index >= 15 is 0 Å². The average Bonchev–Trinajstić information content (AvgIpc) is 2.61. The van der Waals surface area contributed by atoms with Gasteiger partial charge in [-0.15, -0.1) is 0 Å². The van der Waals surface area contributed by atoms with Gasteiger partial charge in [0.15, 0.2) is 0 Å². The summed E-state index contributed by atoms with van der Waals surface area (Å²) in [5.74, 6) is -1.27. The first-order chi connectivity index (χ1) is 12.8. The topological polar surface area (TPSA) is 58.2 Å². The Morgan fingerprint density at radius 1 is 1.00 bits per heavy atom. The summed E-state index contributed by atoms with van der Waals surface area (Å²) in [6.07, 6.45) is -4.23. The van der Waals surface area contributed by atoms with E-state index in [-0.39, 0.29) is 24.4 Å². The number of allylic oxidation sites excluding steroid dienone is 1. The highest BCUT2D eigenvalue weighted by molar-refractivity contribution is 9.10. The normalized spacial score (nSPS) is 11.8. The first-order valence-electron chi connectivity index (χ1n) is 7.93. The molecule has 0 saturated carbocycles. The highest BCUT2D eigenvalue weighted by Gasteiger charge is 2.35. The quantitative estimate of drug-likeness (QED) is 0.647. The van der Waals surface area contributed by atoms with E-state index in [0.29, 0.717) is 11.8 Å². The van der Waals surface area contributed by atoms with Crippen molar-refractivity contribution in [2.75, 3.05) is 11.9 Å². The second-order valence-electron chi connectivity index (χ2n) is 5.52. The van der Waals surface area contributed by atoms with Gasteiger partial charge in [-0.1, -0.05) is 46.3 Å². The molecule has 0 saturated heterocycles. The Balaban J connectivity index is 1.91. The van der Waals surface area contributed by atoms with Crippen LogP contribution in [0.5, 0.6) is 0 Å². The molecule has 4 nitrogen and oxygen atoms in total. The standard InChI is InChI=1S/C19H16BrF3N2O2/c20-14-6-8-15(9-7-14)25-17(26)10-11-24-18(27)12-16(19(21,22)23)13-4-2-1-3-5-13/h1-9,12H,10-11H2,(H,24,27)(H,25,26)/b16-12-. The molecule has 0 bridgehead atoms. The zero-order chi connectivity index (χ0) is 19.9. The molecular weight excluding hydrogens is 425 g/mol. The van der Waals surface area contributed by atoms with E-state index in [1.807, 2.05) is 0 Å². The molecule has 2 N–H and O–H groups in total. The van der Waals surface area contributed by atoms with Crippen molar-refractivity contribution in [1.82, 2.24) is 5.32 Å². The first kappa shape index (κ1) is 20.7. The SMILES string of the molecule is O=C(/C=C(/c1ccccc1)C(F)(F)F)NCCC(=O)Nc1ccc(Br)cc1. The minimum Gasteiger partial charge on any atom is -0.352 e. The number of halogens is 4. The fraction of sp³-hybridized carbons (Fsp3) is 0.158. The monoisotopic (exact) mass is 440 g/mol. The molecule has 8 heteroatoms. The van der Waals surface area contributed by atoms with Gasteiger partial charge in [-0.25, -0.2) is 0 Å². The third-order valence-corrected chi connectivity index (χ3v) is 3.97. The maximum atomic E-state index is 13.2. The fourth-order valence-electron chi connectivity index (χ4n) is 2.18. The predicted octanol–water partition coefficient (Wildman–Crippen LogP) is 4.54. The minimum atomic E-state index is -4.67. The van der Waals surface area contributed by atoms with E-state index in [0.717, 1.165) is 4.47 Å². The van der Waals surface area contributed by atoms with Gasteiger partial charge >= 0.3 is 6.18 Å². The van der Waals surface area contributed by atoms with E-state index in [1.54, 1.807) is 30.3 Å². The van der Waals surface area contributed by atoms with Crippen LogP contribution in [0.3, 0.4) is 0 Å². The van der Waals surface area contributed by atoms with Crippen molar-refractivity contribution in [2.45, 2.75) is 12.6 Å². The molecule has 0 aromatic heterocycles. The van der Waals surface area contributed by atoms with Crippen LogP contribution in [0.15, 0.2) is 65.1 Å². The molecule has 0 spiro atoms. The Kier molecular flexibility index (Phi) is 7.18. The molecule has 0 atom stereocenters. The van der Waals surface area contributed by atoms with Gasteiger partial charge in [0.1, 0.15) is 0 Å². The molecule has 0 aliphatic rings. The molecule has 0 aliphatic carbocycles. The summed E-state index contributed by atoms with van der Waals surface area (Å²) < 4.78 is 40.4. The maximum Gasteiger partial charge on any atom is 0.417 e. The van der Waals surface area contributed by atoms with Gasteiger partial charge in [0, 0.05) is 29.2 Å². The third kappa shape index (κ3) is 6.90. The summed E-state index contributed by atoms with van der Waals surface area (Å²) in [4.78, 5) is 23.6. The van der Waals surface area contributed by atoms with Crippen LogP contribution in [0.4, 0.5) is 18.9 Å². The van der Waals surface area contributed by atoms with E-state index < -0.39 is 17.7 Å². The van der Waals surface area contributed by atoms with E-state index in [9.17, 15) is 22.8 Å². The summed E-state index contributed by atoms with van der Waals surface area (Å²) in [5.41, 5.74) is -0.564. The van der Waals surface area contributed by atoms with Gasteiger partial charge in [0.05, 0.1) is 5.57 Å². The highest BCUT2D eigenvalue weighted by Crippen LogP contribution is 2.33. The number of amides is 2. The average molecular weight is 441 g/mol. The van der Waals surface area contributed by atoms with Crippen molar-refractivity contribution in [3.8, 4) is 0 Å². The lowest BCUT2D eigenvalue weighted by molar-refractivity contribution is -0.117. The number of hydrogen-bond donors (Lipinski definition) is 2. The Morgan fingerprint density at radius 3 is 2.22 bits per heavy atom. The van der Waals surface area contributed by atoms with Crippen molar-refractivity contribution in [3.05, 3.63) is 70.7 Å². The van der Waals surface area contributed by atoms with Crippen molar-refractivity contribution >= 4 is 39.0 Å². The Morgan fingerprint density at radius 2 is 1.63 bits per heavy atom. The Hall–Kier alpha value is -2.61. The number of carbonyl (C=O) groups is 2. The molecule has 0 radical (unpaired) electrons. The molecule has 2 aromatic rings. The van der Waals surface area contributed by atoms with Crippen LogP contribution in [0.25, 0.3) is 5.57 Å². The Labute approximate surface area is 162 Å². The van der Waals surface area contributed by atoms with Gasteiger partial charge in [-0.3, -0.25) is 9.59 Å². The highest BCUT2D eigenvalue weighted by atomic mass is 79.9. The van der Waals surface area contributed by atoms with Crippen LogP contribution in [0, 0.1) is 0 Å². The van der Waals surface area contributed by atoms with Gasteiger partial charge in [-0.05, 0) is 29.8 Å². The van der Waals surface area contributed by atoms with Crippen LogP contribution in [0.1, 0.15) is 12.0 Å². The lowest BCUT2D eigenvalue weighted by Gasteiger charge is -2.12. The maximum absolute atomic E-state index is 13.2. The van der Waals surface area contributed by atoms with Crippen LogP contribution in [-0.4, -0.2) is 24.5 Å². The largest absolute Gasteiger partial charge is 0.417 e. The number of rotatable bonds is 6. The number of hydrogen-bond acceptors (Lipinski definition) is 2. The lowest BCUT2D eigenvalue weighted by atomic mass is 10.1. The van der Waals surface area contributed by atoms with Crippen molar-refractivity contribution in [1.29, 1.82) is 0 Å². The zero-order valence-corrected chi connectivity index (χ0v) is 15.6.